The van der Waals surface area contributed by atoms with E-state index in [-0.39, 0.29) is 0 Å². The van der Waals surface area contributed by atoms with Crippen molar-refractivity contribution in [1.82, 2.24) is 14.1 Å². The van der Waals surface area contributed by atoms with Crippen molar-refractivity contribution in [3.63, 3.8) is 0 Å². The molecule has 0 unspecified atom stereocenters. The van der Waals surface area contributed by atoms with E-state index in [1.165, 1.54) is 33.3 Å². The molecule has 0 N–H and O–H groups in total. The molecule has 2 heterocycles. The molecule has 0 atom stereocenters. The predicted molar refractivity (Wildman–Crippen MR) is 130 cm³/mol. The van der Waals surface area contributed by atoms with E-state index >= 15 is 0 Å². The summed E-state index contributed by atoms with van der Waals surface area (Å²) in [5.41, 5.74) is 10.7. The highest BCUT2D eigenvalue weighted by molar-refractivity contribution is 5.82. The predicted octanol–water partition coefficient (Wildman–Crippen LogP) is 7.03. The third-order valence-corrected chi connectivity index (χ3v) is 6.06. The average Bonchev–Trinajstić information content (AvgIpc) is 3.29. The van der Waals surface area contributed by atoms with Gasteiger partial charge in [-0.2, -0.15) is 0 Å². The van der Waals surface area contributed by atoms with Crippen LogP contribution in [0.4, 0.5) is 0 Å². The molecular formula is C28H27N3. The van der Waals surface area contributed by atoms with Crippen LogP contribution in [-0.4, -0.2) is 14.1 Å². The number of hydrogen-bond donors (Lipinski definition) is 0. The topological polar surface area (TPSA) is 22.8 Å². The lowest BCUT2D eigenvalue weighted by molar-refractivity contribution is 0.885. The number of nitrogens with zero attached hydrogens (tertiary/aromatic N) is 3. The number of aryl methyl sites for hydroxylation is 4. The number of rotatable bonds is 3. The summed E-state index contributed by atoms with van der Waals surface area (Å²) in [6.45, 7) is 10.9. The van der Waals surface area contributed by atoms with Crippen LogP contribution in [0, 0.1) is 34.6 Å². The van der Waals surface area contributed by atoms with Crippen LogP contribution in [0.15, 0.2) is 72.9 Å². The maximum Gasteiger partial charge on any atom is 0.219 e. The molecule has 3 aromatic carbocycles. The third kappa shape index (κ3) is 3.17. The first-order valence-corrected chi connectivity index (χ1v) is 10.7. The minimum Gasteiger partial charge on any atom is -0.286 e. The van der Waals surface area contributed by atoms with Gasteiger partial charge in [-0.25, -0.2) is 4.98 Å². The smallest absolute Gasteiger partial charge is 0.219 e. The second-order valence-corrected chi connectivity index (χ2v) is 8.54. The number of benzene rings is 3. The molecule has 2 aromatic heterocycles. The van der Waals surface area contributed by atoms with Crippen LogP contribution < -0.4 is 0 Å². The van der Waals surface area contributed by atoms with E-state index in [2.05, 4.69) is 117 Å². The van der Waals surface area contributed by atoms with Gasteiger partial charge in [-0.15, -0.1) is 0 Å². The molecule has 31 heavy (non-hydrogen) atoms. The third-order valence-electron chi connectivity index (χ3n) is 6.06. The van der Waals surface area contributed by atoms with Crippen LogP contribution in [0.1, 0.15) is 27.9 Å². The van der Waals surface area contributed by atoms with Crippen LogP contribution in [0.5, 0.6) is 0 Å². The van der Waals surface area contributed by atoms with Crippen LogP contribution in [0.3, 0.4) is 0 Å². The molecule has 0 saturated carbocycles. The van der Waals surface area contributed by atoms with Crippen LogP contribution in [-0.2, 0) is 0 Å². The minimum atomic E-state index is 0.922. The van der Waals surface area contributed by atoms with E-state index < -0.39 is 0 Å². The van der Waals surface area contributed by atoms with Gasteiger partial charge in [0.15, 0.2) is 0 Å². The molecule has 0 amide bonds. The molecule has 0 aliphatic rings. The SMILES string of the molecule is Cc1cccc(-c2nc(-n3ccc4ccccc43)n(-c3c(C)cc(C)cc3C)c2C)c1. The van der Waals surface area contributed by atoms with Crippen molar-refractivity contribution in [3.05, 3.63) is 101 Å². The molecule has 0 spiro atoms. The number of aromatic nitrogens is 3. The van der Waals surface area contributed by atoms with Gasteiger partial charge in [0.25, 0.3) is 0 Å². The molecule has 154 valence electrons. The van der Waals surface area contributed by atoms with Gasteiger partial charge in [-0.1, -0.05) is 59.7 Å². The molecule has 0 radical (unpaired) electrons. The fraction of sp³-hybridized carbons (Fsp3) is 0.179. The molecule has 0 aliphatic heterocycles. The van der Waals surface area contributed by atoms with E-state index in [9.17, 15) is 0 Å². The van der Waals surface area contributed by atoms with Gasteiger partial charge in [0.1, 0.15) is 0 Å². The zero-order valence-electron chi connectivity index (χ0n) is 18.8. The molecule has 0 bridgehead atoms. The van der Waals surface area contributed by atoms with Crippen molar-refractivity contribution in [2.75, 3.05) is 0 Å². The van der Waals surface area contributed by atoms with Gasteiger partial charge in [0, 0.05) is 22.8 Å². The number of fused-ring (bicyclic) bond motifs is 1. The number of hydrogen-bond acceptors (Lipinski definition) is 1. The van der Waals surface area contributed by atoms with E-state index in [0.717, 1.165) is 28.4 Å². The lowest BCUT2D eigenvalue weighted by atomic mass is 10.0. The Bertz CT molecular complexity index is 1410. The summed E-state index contributed by atoms with van der Waals surface area (Å²) in [7, 11) is 0. The minimum absolute atomic E-state index is 0.922. The van der Waals surface area contributed by atoms with Gasteiger partial charge < -0.3 is 0 Å². The highest BCUT2D eigenvalue weighted by atomic mass is 15.2. The molecule has 0 saturated heterocycles. The molecule has 0 aliphatic carbocycles. The Morgan fingerprint density at radius 3 is 2.19 bits per heavy atom. The van der Waals surface area contributed by atoms with Crippen molar-refractivity contribution >= 4 is 10.9 Å². The van der Waals surface area contributed by atoms with Crippen LogP contribution >= 0.6 is 0 Å². The van der Waals surface area contributed by atoms with Gasteiger partial charge >= 0.3 is 0 Å². The Morgan fingerprint density at radius 1 is 0.710 bits per heavy atom. The van der Waals surface area contributed by atoms with Crippen molar-refractivity contribution in [1.29, 1.82) is 0 Å². The van der Waals surface area contributed by atoms with Gasteiger partial charge in [-0.3, -0.25) is 9.13 Å². The second kappa shape index (κ2) is 7.28. The Kier molecular flexibility index (Phi) is 4.55. The summed E-state index contributed by atoms with van der Waals surface area (Å²) in [6, 6.07) is 23.7. The lowest BCUT2D eigenvalue weighted by Crippen LogP contribution is -2.09. The fourth-order valence-electron chi connectivity index (χ4n) is 4.76. The van der Waals surface area contributed by atoms with E-state index in [0.29, 0.717) is 0 Å². The first-order chi connectivity index (χ1) is 14.9. The first kappa shape index (κ1) is 19.4. The van der Waals surface area contributed by atoms with E-state index in [4.69, 9.17) is 4.98 Å². The highest BCUT2D eigenvalue weighted by Gasteiger charge is 2.21. The Balaban J connectivity index is 1.87. The maximum atomic E-state index is 5.22. The summed E-state index contributed by atoms with van der Waals surface area (Å²) < 4.78 is 4.54. The van der Waals surface area contributed by atoms with Gasteiger partial charge in [0.2, 0.25) is 5.95 Å². The molecule has 0 fully saturated rings. The summed E-state index contributed by atoms with van der Waals surface area (Å²) in [6.07, 6.45) is 2.13. The first-order valence-electron chi connectivity index (χ1n) is 10.7. The molecule has 5 rings (SSSR count). The quantitative estimate of drug-likeness (QED) is 0.316. The lowest BCUT2D eigenvalue weighted by Gasteiger charge is -2.17. The summed E-state index contributed by atoms with van der Waals surface area (Å²) in [5.74, 6) is 0.922. The Labute approximate surface area is 183 Å². The van der Waals surface area contributed by atoms with E-state index in [1.807, 2.05) is 0 Å². The van der Waals surface area contributed by atoms with Gasteiger partial charge in [0.05, 0.1) is 16.9 Å². The summed E-state index contributed by atoms with van der Waals surface area (Å²) in [4.78, 5) is 5.22. The Hall–Kier alpha value is -3.59. The second-order valence-electron chi connectivity index (χ2n) is 8.54. The molecule has 3 nitrogen and oxygen atoms in total. The molecular weight excluding hydrogens is 378 g/mol. The van der Waals surface area contributed by atoms with Crippen LogP contribution in [0.2, 0.25) is 0 Å². The monoisotopic (exact) mass is 405 g/mol. The molecule has 5 aromatic rings. The summed E-state index contributed by atoms with van der Waals surface area (Å²) in [5, 5.41) is 1.21. The maximum absolute atomic E-state index is 5.22. The highest BCUT2D eigenvalue weighted by Crippen LogP contribution is 2.33. The normalized spacial score (nSPS) is 11.4. The van der Waals surface area contributed by atoms with Crippen molar-refractivity contribution in [3.8, 4) is 22.9 Å². The largest absolute Gasteiger partial charge is 0.286 e. The average molecular weight is 406 g/mol. The van der Waals surface area contributed by atoms with Gasteiger partial charge in [-0.05, 0) is 63.9 Å². The standard InChI is InChI=1S/C28H27N3/c1-18-9-8-11-24(17-18)26-22(5)31(27-20(3)15-19(2)16-21(27)4)28(29-26)30-14-13-23-10-6-7-12-25(23)30/h6-17H,1-5H3. The number of para-hydroxylation sites is 1. The molecule has 3 heteroatoms. The zero-order valence-corrected chi connectivity index (χ0v) is 18.8. The Morgan fingerprint density at radius 2 is 1.45 bits per heavy atom. The van der Waals surface area contributed by atoms with Crippen molar-refractivity contribution < 1.29 is 0 Å². The fourth-order valence-corrected chi connectivity index (χ4v) is 4.76. The van der Waals surface area contributed by atoms with Crippen molar-refractivity contribution in [2.24, 2.45) is 0 Å². The number of imidazole rings is 1. The summed E-state index contributed by atoms with van der Waals surface area (Å²) >= 11 is 0. The van der Waals surface area contributed by atoms with Crippen LogP contribution in [0.25, 0.3) is 33.8 Å². The van der Waals surface area contributed by atoms with E-state index in [1.54, 1.807) is 0 Å². The van der Waals surface area contributed by atoms with Crippen molar-refractivity contribution in [2.45, 2.75) is 34.6 Å². The zero-order chi connectivity index (χ0) is 21.7.